The average molecular weight is 284 g/mol. The predicted molar refractivity (Wildman–Crippen MR) is 69.1 cm³/mol. The molecule has 112 valence electrons. The molecule has 2 aliphatic rings. The third-order valence-corrected chi connectivity index (χ3v) is 3.57. The van der Waals surface area contributed by atoms with Gasteiger partial charge in [-0.1, -0.05) is 0 Å². The molecule has 0 aliphatic carbocycles. The molecule has 7 heteroatoms. The Balaban J connectivity index is 2.07. The molecule has 0 radical (unpaired) electrons. The largest absolute Gasteiger partial charge is 0.480 e. The molecular weight excluding hydrogens is 264 g/mol. The summed E-state index contributed by atoms with van der Waals surface area (Å²) < 4.78 is 5.32. The van der Waals surface area contributed by atoms with E-state index in [9.17, 15) is 14.4 Å². The Labute approximate surface area is 117 Å². The maximum Gasteiger partial charge on any atom is 0.411 e. The van der Waals surface area contributed by atoms with Crippen molar-refractivity contribution < 1.29 is 24.2 Å². The Morgan fingerprint density at radius 3 is 2.55 bits per heavy atom. The number of amides is 2. The van der Waals surface area contributed by atoms with Crippen LogP contribution in [0.3, 0.4) is 0 Å². The van der Waals surface area contributed by atoms with E-state index in [4.69, 9.17) is 9.84 Å². The lowest BCUT2D eigenvalue weighted by Crippen LogP contribution is -2.73. The van der Waals surface area contributed by atoms with Crippen LogP contribution in [0.4, 0.5) is 4.79 Å². The zero-order valence-corrected chi connectivity index (χ0v) is 12.0. The van der Waals surface area contributed by atoms with Crippen LogP contribution in [0.5, 0.6) is 0 Å². The lowest BCUT2D eigenvalue weighted by molar-refractivity contribution is -0.165. The minimum absolute atomic E-state index is 0.275. The number of β-lactam (4-membered cyclic amide) rings is 1. The molecule has 2 amide bonds. The standard InChI is InChI=1S/C13H20N2O5/c1-12(2,3)20-11(19)15-6-4-5-13(15)8-14(10(13)18)7-9(16)17/h4-8H2,1-3H3,(H,16,17). The summed E-state index contributed by atoms with van der Waals surface area (Å²) in [5.41, 5.74) is -1.49. The van der Waals surface area contributed by atoms with Gasteiger partial charge in [-0.25, -0.2) is 4.79 Å². The van der Waals surface area contributed by atoms with E-state index in [0.29, 0.717) is 13.0 Å². The number of carboxylic acids is 1. The highest BCUT2D eigenvalue weighted by molar-refractivity contribution is 5.97. The van der Waals surface area contributed by atoms with Gasteiger partial charge in [0.2, 0.25) is 0 Å². The minimum atomic E-state index is -1.05. The normalized spacial score (nSPS) is 25.9. The van der Waals surface area contributed by atoms with Crippen LogP contribution in [0.25, 0.3) is 0 Å². The molecular formula is C13H20N2O5. The number of ether oxygens (including phenoxy) is 1. The molecule has 2 heterocycles. The van der Waals surface area contributed by atoms with Gasteiger partial charge in [0.25, 0.3) is 5.91 Å². The lowest BCUT2D eigenvalue weighted by Gasteiger charge is -2.50. The van der Waals surface area contributed by atoms with E-state index >= 15 is 0 Å². The molecule has 20 heavy (non-hydrogen) atoms. The number of carbonyl (C=O) groups is 3. The van der Waals surface area contributed by atoms with E-state index in [1.807, 2.05) is 0 Å². The number of carboxylic acid groups (broad SMARTS) is 1. The fourth-order valence-electron chi connectivity index (χ4n) is 2.80. The Bertz CT molecular complexity index is 456. The van der Waals surface area contributed by atoms with Crippen molar-refractivity contribution in [3.8, 4) is 0 Å². The van der Waals surface area contributed by atoms with Gasteiger partial charge in [-0.15, -0.1) is 0 Å². The number of likely N-dealkylation sites (tertiary alicyclic amines) is 2. The first kappa shape index (κ1) is 14.6. The topological polar surface area (TPSA) is 87.2 Å². The Hall–Kier alpha value is -1.79. The van der Waals surface area contributed by atoms with Crippen LogP contribution < -0.4 is 0 Å². The number of rotatable bonds is 2. The molecule has 0 aromatic heterocycles. The van der Waals surface area contributed by atoms with Gasteiger partial charge in [0.05, 0.1) is 6.54 Å². The van der Waals surface area contributed by atoms with Gasteiger partial charge >= 0.3 is 12.1 Å². The molecule has 1 atom stereocenters. The second kappa shape index (κ2) is 4.64. The van der Waals surface area contributed by atoms with Gasteiger partial charge in [0.1, 0.15) is 17.7 Å². The summed E-state index contributed by atoms with van der Waals surface area (Å²) >= 11 is 0. The molecule has 0 saturated carbocycles. The van der Waals surface area contributed by atoms with Crippen molar-refractivity contribution in [2.45, 2.75) is 44.8 Å². The first-order valence-electron chi connectivity index (χ1n) is 6.67. The van der Waals surface area contributed by atoms with Crippen molar-refractivity contribution >= 4 is 18.0 Å². The Morgan fingerprint density at radius 2 is 2.05 bits per heavy atom. The van der Waals surface area contributed by atoms with E-state index in [1.165, 1.54) is 9.80 Å². The Morgan fingerprint density at radius 1 is 1.40 bits per heavy atom. The van der Waals surface area contributed by atoms with Crippen molar-refractivity contribution in [3.63, 3.8) is 0 Å². The summed E-state index contributed by atoms with van der Waals surface area (Å²) in [6.07, 6.45) is 0.797. The quantitative estimate of drug-likeness (QED) is 0.754. The molecule has 2 saturated heterocycles. The van der Waals surface area contributed by atoms with Crippen LogP contribution in [-0.4, -0.2) is 63.7 Å². The van der Waals surface area contributed by atoms with Crippen molar-refractivity contribution in [2.75, 3.05) is 19.6 Å². The van der Waals surface area contributed by atoms with Crippen LogP contribution in [0.1, 0.15) is 33.6 Å². The van der Waals surface area contributed by atoms with Gasteiger partial charge in [-0.3, -0.25) is 14.5 Å². The number of aliphatic carboxylic acids is 1. The molecule has 2 fully saturated rings. The average Bonchev–Trinajstić information content (AvgIpc) is 2.72. The van der Waals surface area contributed by atoms with Crippen molar-refractivity contribution in [2.24, 2.45) is 0 Å². The first-order valence-corrected chi connectivity index (χ1v) is 6.67. The molecule has 2 rings (SSSR count). The summed E-state index contributed by atoms with van der Waals surface area (Å²) in [6.45, 7) is 5.74. The SMILES string of the molecule is CC(C)(C)OC(=O)N1CCCC12CN(CC(=O)O)C2=O. The van der Waals surface area contributed by atoms with Crippen LogP contribution in [0.15, 0.2) is 0 Å². The second-order valence-corrected chi connectivity index (χ2v) is 6.32. The van der Waals surface area contributed by atoms with Gasteiger partial charge < -0.3 is 14.7 Å². The van der Waals surface area contributed by atoms with Crippen molar-refractivity contribution in [3.05, 3.63) is 0 Å². The maximum atomic E-state index is 12.2. The molecule has 1 N–H and O–H groups in total. The maximum absolute atomic E-state index is 12.2. The highest BCUT2D eigenvalue weighted by Crippen LogP contribution is 2.39. The summed E-state index contributed by atoms with van der Waals surface area (Å²) in [4.78, 5) is 37.7. The third-order valence-electron chi connectivity index (χ3n) is 3.57. The molecule has 0 bridgehead atoms. The fraction of sp³-hybridized carbons (Fsp3) is 0.769. The van der Waals surface area contributed by atoms with Crippen LogP contribution in [0, 0.1) is 0 Å². The van der Waals surface area contributed by atoms with Gasteiger partial charge in [0.15, 0.2) is 0 Å². The number of nitrogens with zero attached hydrogens (tertiary/aromatic N) is 2. The summed E-state index contributed by atoms with van der Waals surface area (Å²) in [5, 5.41) is 8.73. The van der Waals surface area contributed by atoms with E-state index in [1.54, 1.807) is 20.8 Å². The fourth-order valence-corrected chi connectivity index (χ4v) is 2.80. The van der Waals surface area contributed by atoms with Crippen LogP contribution in [-0.2, 0) is 14.3 Å². The monoisotopic (exact) mass is 284 g/mol. The molecule has 7 nitrogen and oxygen atoms in total. The molecule has 1 spiro atoms. The molecule has 0 aromatic carbocycles. The van der Waals surface area contributed by atoms with Crippen LogP contribution >= 0.6 is 0 Å². The lowest BCUT2D eigenvalue weighted by atomic mass is 9.86. The summed E-state index contributed by atoms with van der Waals surface area (Å²) in [7, 11) is 0. The van der Waals surface area contributed by atoms with Crippen molar-refractivity contribution in [1.82, 2.24) is 9.80 Å². The van der Waals surface area contributed by atoms with Gasteiger partial charge in [-0.05, 0) is 33.6 Å². The minimum Gasteiger partial charge on any atom is -0.480 e. The zero-order valence-electron chi connectivity index (χ0n) is 12.0. The van der Waals surface area contributed by atoms with Gasteiger partial charge in [0, 0.05) is 6.54 Å². The molecule has 1 unspecified atom stereocenters. The van der Waals surface area contributed by atoms with E-state index < -0.39 is 23.2 Å². The molecule has 0 aromatic rings. The van der Waals surface area contributed by atoms with Gasteiger partial charge in [-0.2, -0.15) is 0 Å². The highest BCUT2D eigenvalue weighted by Gasteiger charge is 2.60. The second-order valence-electron chi connectivity index (χ2n) is 6.32. The highest BCUT2D eigenvalue weighted by atomic mass is 16.6. The van der Waals surface area contributed by atoms with E-state index in [0.717, 1.165) is 6.42 Å². The predicted octanol–water partition coefficient (Wildman–Crippen LogP) is 0.683. The third kappa shape index (κ3) is 2.44. The van der Waals surface area contributed by atoms with Crippen LogP contribution in [0.2, 0.25) is 0 Å². The molecule has 2 aliphatic heterocycles. The number of hydrogen-bond donors (Lipinski definition) is 1. The smallest absolute Gasteiger partial charge is 0.411 e. The summed E-state index contributed by atoms with van der Waals surface area (Å²) in [5.74, 6) is -1.33. The van der Waals surface area contributed by atoms with E-state index in [-0.39, 0.29) is 19.0 Å². The zero-order chi connectivity index (χ0) is 15.1. The first-order chi connectivity index (χ1) is 9.16. The van der Waals surface area contributed by atoms with Crippen molar-refractivity contribution in [1.29, 1.82) is 0 Å². The number of carbonyl (C=O) groups excluding carboxylic acids is 2. The van der Waals surface area contributed by atoms with E-state index in [2.05, 4.69) is 0 Å². The summed E-state index contributed by atoms with van der Waals surface area (Å²) in [6, 6.07) is 0. The number of hydrogen-bond acceptors (Lipinski definition) is 4. The Kier molecular flexibility index (Phi) is 3.39.